The molecule has 1 amide bonds. The number of carbonyl (C=O) groups excluding carboxylic acids is 1. The fourth-order valence-corrected chi connectivity index (χ4v) is 3.68. The standard InChI is InChI=1S/C22H19N5O3/c28-21-7-6-18(15-4-3-8-23-11-15)25-27(21)20-14-30-13-19(20)24-22(29)16-10-17-5-1-2-9-26(17)12-16/h1-12,19-20H,13-14H2,(H,24,29). The number of nitrogens with zero attached hydrogens (tertiary/aromatic N) is 4. The number of ether oxygens (including phenoxy) is 1. The number of hydrogen-bond donors (Lipinski definition) is 1. The molecule has 30 heavy (non-hydrogen) atoms. The number of amides is 1. The molecule has 8 heteroatoms. The number of hydrogen-bond acceptors (Lipinski definition) is 5. The van der Waals surface area contributed by atoms with Crippen LogP contribution in [0.15, 0.2) is 78.1 Å². The van der Waals surface area contributed by atoms with Crippen molar-refractivity contribution in [2.45, 2.75) is 12.1 Å². The molecule has 0 aliphatic carbocycles. The average Bonchev–Trinajstić information content (AvgIpc) is 3.41. The molecule has 8 nitrogen and oxygen atoms in total. The number of carbonyl (C=O) groups is 1. The highest BCUT2D eigenvalue weighted by atomic mass is 16.5. The molecule has 0 saturated carbocycles. The minimum Gasteiger partial charge on any atom is -0.377 e. The average molecular weight is 401 g/mol. The molecule has 1 aliphatic rings. The van der Waals surface area contributed by atoms with Gasteiger partial charge in [-0.2, -0.15) is 5.10 Å². The number of fused-ring (bicyclic) bond motifs is 1. The van der Waals surface area contributed by atoms with Crippen LogP contribution in [-0.4, -0.2) is 44.3 Å². The van der Waals surface area contributed by atoms with Crippen molar-refractivity contribution in [3.05, 3.63) is 89.2 Å². The molecule has 2 atom stereocenters. The van der Waals surface area contributed by atoms with E-state index in [4.69, 9.17) is 4.74 Å². The van der Waals surface area contributed by atoms with E-state index in [1.807, 2.05) is 47.0 Å². The summed E-state index contributed by atoms with van der Waals surface area (Å²) in [5, 5.41) is 7.52. The molecule has 1 N–H and O–H groups in total. The van der Waals surface area contributed by atoms with Gasteiger partial charge in [-0.3, -0.25) is 14.6 Å². The highest BCUT2D eigenvalue weighted by molar-refractivity contribution is 5.95. The zero-order valence-electron chi connectivity index (χ0n) is 16.0. The van der Waals surface area contributed by atoms with Gasteiger partial charge in [0.2, 0.25) is 0 Å². The first kappa shape index (κ1) is 18.3. The van der Waals surface area contributed by atoms with Crippen molar-refractivity contribution in [1.29, 1.82) is 0 Å². The minimum atomic E-state index is -0.393. The van der Waals surface area contributed by atoms with Gasteiger partial charge in [-0.15, -0.1) is 0 Å². The number of nitrogens with one attached hydrogen (secondary N) is 1. The summed E-state index contributed by atoms with van der Waals surface area (Å²) in [6.45, 7) is 0.612. The summed E-state index contributed by atoms with van der Waals surface area (Å²) in [5.41, 5.74) is 2.69. The van der Waals surface area contributed by atoms with E-state index < -0.39 is 6.04 Å². The molecule has 4 aromatic rings. The number of aromatic nitrogens is 4. The van der Waals surface area contributed by atoms with E-state index in [9.17, 15) is 9.59 Å². The Kier molecular flexibility index (Phi) is 4.61. The molecule has 0 aromatic carbocycles. The van der Waals surface area contributed by atoms with Crippen LogP contribution in [0.5, 0.6) is 0 Å². The summed E-state index contributed by atoms with van der Waals surface area (Å²) in [4.78, 5) is 29.5. The Morgan fingerprint density at radius 1 is 1.13 bits per heavy atom. The second-order valence-corrected chi connectivity index (χ2v) is 7.19. The van der Waals surface area contributed by atoms with Gasteiger partial charge in [0.15, 0.2) is 0 Å². The highest BCUT2D eigenvalue weighted by Gasteiger charge is 2.33. The van der Waals surface area contributed by atoms with Crippen LogP contribution in [0, 0.1) is 0 Å². The Balaban J connectivity index is 1.41. The Bertz CT molecular complexity index is 1230. The zero-order valence-corrected chi connectivity index (χ0v) is 16.0. The Labute approximate surface area is 171 Å². The van der Waals surface area contributed by atoms with Crippen LogP contribution in [-0.2, 0) is 4.74 Å². The molecular formula is C22H19N5O3. The van der Waals surface area contributed by atoms with E-state index in [0.29, 0.717) is 24.5 Å². The Morgan fingerprint density at radius 2 is 2.07 bits per heavy atom. The molecule has 4 aromatic heterocycles. The van der Waals surface area contributed by atoms with E-state index in [2.05, 4.69) is 15.4 Å². The fourth-order valence-electron chi connectivity index (χ4n) is 3.68. The molecule has 1 aliphatic heterocycles. The lowest BCUT2D eigenvalue weighted by Crippen LogP contribution is -2.44. The van der Waals surface area contributed by atoms with E-state index >= 15 is 0 Å². The molecule has 0 radical (unpaired) electrons. The maximum absolute atomic E-state index is 12.8. The SMILES string of the molecule is O=C(NC1COCC1n1nc(-c2cccnc2)ccc1=O)c1cc2ccccn2c1. The van der Waals surface area contributed by atoms with Crippen molar-refractivity contribution in [1.82, 2.24) is 24.5 Å². The summed E-state index contributed by atoms with van der Waals surface area (Å²) < 4.78 is 8.88. The second-order valence-electron chi connectivity index (χ2n) is 7.19. The lowest BCUT2D eigenvalue weighted by molar-refractivity contribution is 0.0925. The van der Waals surface area contributed by atoms with Crippen molar-refractivity contribution in [2.75, 3.05) is 13.2 Å². The van der Waals surface area contributed by atoms with Gasteiger partial charge in [0, 0.05) is 41.9 Å². The van der Waals surface area contributed by atoms with Crippen LogP contribution in [0.4, 0.5) is 0 Å². The van der Waals surface area contributed by atoms with Crippen molar-refractivity contribution in [2.24, 2.45) is 0 Å². The van der Waals surface area contributed by atoms with Crippen LogP contribution < -0.4 is 10.9 Å². The summed E-state index contributed by atoms with van der Waals surface area (Å²) in [6, 6.07) is 13.7. The van der Waals surface area contributed by atoms with Crippen LogP contribution in [0.25, 0.3) is 16.8 Å². The lowest BCUT2D eigenvalue weighted by atomic mass is 10.1. The predicted molar refractivity (Wildman–Crippen MR) is 110 cm³/mol. The van der Waals surface area contributed by atoms with Crippen LogP contribution in [0.3, 0.4) is 0 Å². The van der Waals surface area contributed by atoms with Gasteiger partial charge in [-0.1, -0.05) is 6.07 Å². The molecule has 0 bridgehead atoms. The molecule has 1 fully saturated rings. The van der Waals surface area contributed by atoms with Crippen LogP contribution in [0.1, 0.15) is 16.4 Å². The van der Waals surface area contributed by atoms with Gasteiger partial charge in [-0.25, -0.2) is 4.68 Å². The van der Waals surface area contributed by atoms with Gasteiger partial charge in [0.1, 0.15) is 6.04 Å². The molecule has 0 spiro atoms. The Morgan fingerprint density at radius 3 is 2.90 bits per heavy atom. The molecule has 1 saturated heterocycles. The van der Waals surface area contributed by atoms with E-state index in [0.717, 1.165) is 11.1 Å². The Hall–Kier alpha value is -3.78. The van der Waals surface area contributed by atoms with Crippen LogP contribution in [0.2, 0.25) is 0 Å². The number of pyridine rings is 2. The third kappa shape index (κ3) is 3.37. The highest BCUT2D eigenvalue weighted by Crippen LogP contribution is 2.20. The van der Waals surface area contributed by atoms with Gasteiger partial charge in [0.25, 0.3) is 11.5 Å². The minimum absolute atomic E-state index is 0.212. The first-order valence-corrected chi connectivity index (χ1v) is 9.65. The van der Waals surface area contributed by atoms with E-state index in [1.165, 1.54) is 10.7 Å². The predicted octanol–water partition coefficient (Wildman–Crippen LogP) is 1.93. The molecule has 2 unspecified atom stereocenters. The second kappa shape index (κ2) is 7.57. The third-order valence-corrected chi connectivity index (χ3v) is 5.23. The van der Waals surface area contributed by atoms with Gasteiger partial charge >= 0.3 is 0 Å². The largest absolute Gasteiger partial charge is 0.377 e. The first-order valence-electron chi connectivity index (χ1n) is 9.65. The monoisotopic (exact) mass is 401 g/mol. The van der Waals surface area contributed by atoms with Crippen LogP contribution >= 0.6 is 0 Å². The number of rotatable bonds is 4. The third-order valence-electron chi connectivity index (χ3n) is 5.23. The summed E-state index contributed by atoms with van der Waals surface area (Å²) in [6.07, 6.45) is 7.05. The summed E-state index contributed by atoms with van der Waals surface area (Å²) in [5.74, 6) is -0.212. The quantitative estimate of drug-likeness (QED) is 0.564. The molecule has 5 rings (SSSR count). The fraction of sp³-hybridized carbons (Fsp3) is 0.182. The summed E-state index contributed by atoms with van der Waals surface area (Å²) >= 11 is 0. The maximum Gasteiger partial charge on any atom is 0.267 e. The van der Waals surface area contributed by atoms with Crippen molar-refractivity contribution in [3.8, 4) is 11.3 Å². The topological polar surface area (TPSA) is 90.5 Å². The normalized spacial score (nSPS) is 18.5. The molecule has 150 valence electrons. The van der Waals surface area contributed by atoms with E-state index in [-0.39, 0.29) is 17.5 Å². The van der Waals surface area contributed by atoms with E-state index in [1.54, 1.807) is 24.7 Å². The van der Waals surface area contributed by atoms with Crippen molar-refractivity contribution in [3.63, 3.8) is 0 Å². The van der Waals surface area contributed by atoms with Crippen molar-refractivity contribution < 1.29 is 9.53 Å². The summed E-state index contributed by atoms with van der Waals surface area (Å²) in [7, 11) is 0. The first-order chi connectivity index (χ1) is 14.7. The van der Waals surface area contributed by atoms with Crippen molar-refractivity contribution >= 4 is 11.4 Å². The smallest absolute Gasteiger partial charge is 0.267 e. The molecular weight excluding hydrogens is 382 g/mol. The van der Waals surface area contributed by atoms with Gasteiger partial charge in [0.05, 0.1) is 30.5 Å². The maximum atomic E-state index is 12.8. The zero-order chi connectivity index (χ0) is 20.5. The van der Waals surface area contributed by atoms with Gasteiger partial charge in [-0.05, 0) is 36.4 Å². The van der Waals surface area contributed by atoms with Gasteiger partial charge < -0.3 is 14.5 Å². The molecule has 5 heterocycles. The lowest BCUT2D eigenvalue weighted by Gasteiger charge is -2.20.